The Morgan fingerprint density at radius 1 is 0.943 bits per heavy atom. The van der Waals surface area contributed by atoms with Crippen molar-refractivity contribution in [3.63, 3.8) is 0 Å². The molecule has 0 aliphatic carbocycles. The summed E-state index contributed by atoms with van der Waals surface area (Å²) in [4.78, 5) is 17.5. The van der Waals surface area contributed by atoms with Crippen molar-refractivity contribution in [3.8, 4) is 5.75 Å². The second-order valence-electron chi connectivity index (χ2n) is 7.84. The summed E-state index contributed by atoms with van der Waals surface area (Å²) < 4.78 is 26.5. The highest BCUT2D eigenvalue weighted by molar-refractivity contribution is 7.23. The summed E-state index contributed by atoms with van der Waals surface area (Å²) in [6, 6.07) is 26.0. The highest BCUT2D eigenvalue weighted by Gasteiger charge is 2.20. The number of aliphatic imine (C=N–C) groups is 1. The number of fused-ring (bicyclic) bond motifs is 2. The van der Waals surface area contributed by atoms with Crippen LogP contribution in [-0.4, -0.2) is 18.8 Å². The lowest BCUT2D eigenvalue weighted by Gasteiger charge is -2.12. The Morgan fingerprint density at radius 3 is 2.51 bits per heavy atom. The third-order valence-corrected chi connectivity index (χ3v) is 6.72. The quantitative estimate of drug-likeness (QED) is 0.176. The normalized spacial score (nSPS) is 11.4. The zero-order valence-corrected chi connectivity index (χ0v) is 19.8. The van der Waals surface area contributed by atoms with E-state index in [0.717, 1.165) is 26.4 Å². The van der Waals surface area contributed by atoms with Gasteiger partial charge in [0.1, 0.15) is 28.7 Å². The van der Waals surface area contributed by atoms with E-state index in [9.17, 15) is 9.18 Å². The van der Waals surface area contributed by atoms with Crippen molar-refractivity contribution in [2.24, 2.45) is 4.99 Å². The molecular weight excluding hydrogens is 461 g/mol. The molecule has 0 aliphatic rings. The molecule has 0 atom stereocenters. The molecule has 0 saturated carbocycles. The largest absolute Gasteiger partial charge is 0.488 e. The Bertz CT molecular complexity index is 1560. The molecule has 1 aromatic heterocycles. The molecule has 0 spiro atoms. The molecule has 0 amide bonds. The Balaban J connectivity index is 1.58. The van der Waals surface area contributed by atoms with E-state index in [-0.39, 0.29) is 19.0 Å². The maximum Gasteiger partial charge on any atom is 0.341 e. The molecular formula is C29H22FNO3S. The molecule has 35 heavy (non-hydrogen) atoms. The number of hydrogen-bond acceptors (Lipinski definition) is 5. The fraction of sp³-hybridized carbons (Fsp3) is 0.103. The van der Waals surface area contributed by atoms with Crippen LogP contribution in [0.25, 0.3) is 20.9 Å². The lowest BCUT2D eigenvalue weighted by Crippen LogP contribution is -2.04. The Hall–Kier alpha value is -4.03. The van der Waals surface area contributed by atoms with Crippen LogP contribution in [0.15, 0.2) is 89.9 Å². The van der Waals surface area contributed by atoms with Gasteiger partial charge in [0.25, 0.3) is 0 Å². The Kier molecular flexibility index (Phi) is 6.55. The first-order chi connectivity index (χ1) is 17.2. The molecule has 4 nitrogen and oxygen atoms in total. The minimum atomic E-state index is -0.397. The SMILES string of the molecule is CCOC(=O)c1c(N=Cc2c(OCc3ccccc3F)ccc3ccccc23)sc2ccccc12. The predicted octanol–water partition coefficient (Wildman–Crippen LogP) is 7.70. The number of carbonyl (C=O) groups is 1. The van der Waals surface area contributed by atoms with Crippen LogP contribution in [0, 0.1) is 5.82 Å². The van der Waals surface area contributed by atoms with Gasteiger partial charge in [0.2, 0.25) is 0 Å². The number of halogens is 1. The fourth-order valence-electron chi connectivity index (χ4n) is 3.95. The van der Waals surface area contributed by atoms with Crippen LogP contribution in [0.3, 0.4) is 0 Å². The number of ether oxygens (including phenoxy) is 2. The van der Waals surface area contributed by atoms with Crippen molar-refractivity contribution >= 4 is 49.4 Å². The molecule has 4 aromatic carbocycles. The summed E-state index contributed by atoms with van der Waals surface area (Å²) in [5.41, 5.74) is 1.68. The lowest BCUT2D eigenvalue weighted by atomic mass is 10.0. The summed E-state index contributed by atoms with van der Waals surface area (Å²) in [7, 11) is 0. The molecule has 0 N–H and O–H groups in total. The lowest BCUT2D eigenvalue weighted by molar-refractivity contribution is 0.0530. The number of benzene rings is 4. The van der Waals surface area contributed by atoms with Crippen molar-refractivity contribution < 1.29 is 18.7 Å². The fourth-order valence-corrected chi connectivity index (χ4v) is 4.99. The first-order valence-corrected chi connectivity index (χ1v) is 12.1. The van der Waals surface area contributed by atoms with E-state index in [4.69, 9.17) is 14.5 Å². The number of nitrogens with zero attached hydrogens (tertiary/aromatic N) is 1. The van der Waals surface area contributed by atoms with Gasteiger partial charge in [0.05, 0.1) is 6.61 Å². The van der Waals surface area contributed by atoms with E-state index in [2.05, 4.69) is 0 Å². The van der Waals surface area contributed by atoms with Crippen molar-refractivity contribution in [3.05, 3.63) is 107 Å². The van der Waals surface area contributed by atoms with Gasteiger partial charge in [0.15, 0.2) is 0 Å². The molecule has 1 heterocycles. The van der Waals surface area contributed by atoms with Crippen molar-refractivity contribution in [2.45, 2.75) is 13.5 Å². The third kappa shape index (κ3) is 4.66. The van der Waals surface area contributed by atoms with Gasteiger partial charge in [-0.3, -0.25) is 0 Å². The molecule has 0 unspecified atom stereocenters. The van der Waals surface area contributed by atoms with Crippen LogP contribution in [0.1, 0.15) is 28.4 Å². The smallest absolute Gasteiger partial charge is 0.341 e. The molecule has 5 aromatic rings. The molecule has 0 aliphatic heterocycles. The van der Waals surface area contributed by atoms with Gasteiger partial charge in [-0.05, 0) is 35.9 Å². The monoisotopic (exact) mass is 483 g/mol. The van der Waals surface area contributed by atoms with Crippen LogP contribution < -0.4 is 4.74 Å². The zero-order chi connectivity index (χ0) is 24.2. The number of carbonyl (C=O) groups excluding carboxylic acids is 1. The summed E-state index contributed by atoms with van der Waals surface area (Å²) in [6.07, 6.45) is 1.71. The maximum atomic E-state index is 14.2. The topological polar surface area (TPSA) is 47.9 Å². The van der Waals surface area contributed by atoms with Gasteiger partial charge < -0.3 is 9.47 Å². The number of esters is 1. The summed E-state index contributed by atoms with van der Waals surface area (Å²) in [5.74, 6) is -0.131. The number of hydrogen-bond donors (Lipinski definition) is 0. The molecule has 0 saturated heterocycles. The van der Waals surface area contributed by atoms with E-state index in [1.807, 2.05) is 60.7 Å². The molecule has 174 valence electrons. The Labute approximate surface area is 206 Å². The number of thiophene rings is 1. The molecule has 0 radical (unpaired) electrons. The average molecular weight is 484 g/mol. The van der Waals surface area contributed by atoms with Gasteiger partial charge in [-0.2, -0.15) is 0 Å². The number of rotatable bonds is 7. The summed E-state index contributed by atoms with van der Waals surface area (Å²) >= 11 is 1.43. The standard InChI is InChI=1S/C29H22FNO3S/c1-2-33-29(32)27-22-12-6-8-14-26(22)35-28(27)31-17-23-21-11-5-3-9-19(21)15-16-25(23)34-18-20-10-4-7-13-24(20)30/h3-17H,2,18H2,1H3. The van der Waals surface area contributed by atoms with Crippen LogP contribution in [-0.2, 0) is 11.3 Å². The molecule has 6 heteroatoms. The molecule has 5 rings (SSSR count). The van der Waals surface area contributed by atoms with Crippen LogP contribution in [0.2, 0.25) is 0 Å². The third-order valence-electron chi connectivity index (χ3n) is 5.64. The molecule has 0 fully saturated rings. The van der Waals surface area contributed by atoms with E-state index in [1.165, 1.54) is 17.4 Å². The highest BCUT2D eigenvalue weighted by atomic mass is 32.1. The van der Waals surface area contributed by atoms with Gasteiger partial charge in [0, 0.05) is 27.4 Å². The highest BCUT2D eigenvalue weighted by Crippen LogP contribution is 2.38. The van der Waals surface area contributed by atoms with Crippen LogP contribution in [0.5, 0.6) is 5.75 Å². The van der Waals surface area contributed by atoms with Gasteiger partial charge in [-0.25, -0.2) is 14.2 Å². The van der Waals surface area contributed by atoms with Crippen molar-refractivity contribution in [2.75, 3.05) is 6.61 Å². The maximum absolute atomic E-state index is 14.2. The van der Waals surface area contributed by atoms with Gasteiger partial charge in [-0.1, -0.05) is 66.7 Å². The van der Waals surface area contributed by atoms with E-state index < -0.39 is 5.97 Å². The zero-order valence-electron chi connectivity index (χ0n) is 19.0. The van der Waals surface area contributed by atoms with E-state index in [1.54, 1.807) is 31.3 Å². The minimum absolute atomic E-state index is 0.0861. The first-order valence-electron chi connectivity index (χ1n) is 11.3. The predicted molar refractivity (Wildman–Crippen MR) is 140 cm³/mol. The second kappa shape index (κ2) is 10.1. The van der Waals surface area contributed by atoms with Gasteiger partial charge in [-0.15, -0.1) is 11.3 Å². The van der Waals surface area contributed by atoms with E-state index >= 15 is 0 Å². The van der Waals surface area contributed by atoms with Gasteiger partial charge >= 0.3 is 5.97 Å². The second-order valence-corrected chi connectivity index (χ2v) is 8.87. The average Bonchev–Trinajstić information content (AvgIpc) is 3.26. The van der Waals surface area contributed by atoms with Crippen molar-refractivity contribution in [1.82, 2.24) is 0 Å². The first kappa shape index (κ1) is 22.7. The van der Waals surface area contributed by atoms with Crippen molar-refractivity contribution in [1.29, 1.82) is 0 Å². The van der Waals surface area contributed by atoms with E-state index in [0.29, 0.717) is 21.9 Å². The summed E-state index contributed by atoms with van der Waals surface area (Å²) in [6.45, 7) is 2.15. The molecule has 0 bridgehead atoms. The van der Waals surface area contributed by atoms with Crippen LogP contribution in [0.4, 0.5) is 9.39 Å². The summed E-state index contributed by atoms with van der Waals surface area (Å²) in [5, 5.41) is 3.35. The van der Waals surface area contributed by atoms with Crippen LogP contribution >= 0.6 is 11.3 Å². The Morgan fingerprint density at radius 2 is 1.69 bits per heavy atom. The minimum Gasteiger partial charge on any atom is -0.488 e.